The van der Waals surface area contributed by atoms with E-state index in [2.05, 4.69) is 0 Å². The van der Waals surface area contributed by atoms with Crippen LogP contribution in [0.15, 0.2) is 24.3 Å². The minimum absolute atomic E-state index is 0.0237. The summed E-state index contributed by atoms with van der Waals surface area (Å²) in [6.45, 7) is 0.226. The van der Waals surface area contributed by atoms with Crippen LogP contribution in [0.25, 0.3) is 0 Å². The van der Waals surface area contributed by atoms with Gasteiger partial charge in [-0.2, -0.15) is 5.06 Å². The Morgan fingerprint density at radius 1 is 1.47 bits per heavy atom. The predicted molar refractivity (Wildman–Crippen MR) is 63.7 cm³/mol. The molecular formula is C11H13N3O5. The highest BCUT2D eigenvalue weighted by Crippen LogP contribution is 2.16. The van der Waals surface area contributed by atoms with E-state index in [9.17, 15) is 14.9 Å². The third kappa shape index (κ3) is 3.18. The van der Waals surface area contributed by atoms with Crippen LogP contribution in [0.1, 0.15) is 5.56 Å². The number of rotatable bonds is 3. The molecular weight excluding hydrogens is 254 g/mol. The first kappa shape index (κ1) is 13.2. The zero-order valence-corrected chi connectivity index (χ0v) is 10.3. The van der Waals surface area contributed by atoms with Crippen LogP contribution in [0.4, 0.5) is 10.5 Å². The summed E-state index contributed by atoms with van der Waals surface area (Å²) in [5.74, 6) is 0. The van der Waals surface area contributed by atoms with Gasteiger partial charge in [0.15, 0.2) is 6.79 Å². The van der Waals surface area contributed by atoms with Crippen molar-refractivity contribution >= 4 is 11.7 Å². The molecule has 1 aliphatic rings. The third-order valence-corrected chi connectivity index (χ3v) is 2.56. The van der Waals surface area contributed by atoms with E-state index in [1.54, 1.807) is 19.2 Å². The van der Waals surface area contributed by atoms with Crippen LogP contribution in [-0.4, -0.2) is 41.5 Å². The van der Waals surface area contributed by atoms with E-state index >= 15 is 0 Å². The topological polar surface area (TPSA) is 85.2 Å². The van der Waals surface area contributed by atoms with Gasteiger partial charge in [-0.3, -0.25) is 10.1 Å². The molecule has 0 radical (unpaired) electrons. The maximum Gasteiger partial charge on any atom is 0.345 e. The highest BCUT2D eigenvalue weighted by molar-refractivity contribution is 5.73. The number of ether oxygens (including phenoxy) is 1. The monoisotopic (exact) mass is 267 g/mol. The zero-order chi connectivity index (χ0) is 13.8. The maximum atomic E-state index is 11.9. The van der Waals surface area contributed by atoms with Crippen molar-refractivity contribution in [1.29, 1.82) is 0 Å². The van der Waals surface area contributed by atoms with Gasteiger partial charge in [0.05, 0.1) is 11.5 Å². The van der Waals surface area contributed by atoms with E-state index in [1.165, 1.54) is 17.0 Å². The van der Waals surface area contributed by atoms with Crippen LogP contribution >= 0.6 is 0 Å². The van der Waals surface area contributed by atoms with Gasteiger partial charge in [-0.1, -0.05) is 12.1 Å². The molecule has 102 valence electrons. The highest BCUT2D eigenvalue weighted by atomic mass is 16.8. The highest BCUT2D eigenvalue weighted by Gasteiger charge is 2.23. The minimum atomic E-state index is -0.482. The summed E-state index contributed by atoms with van der Waals surface area (Å²) in [6, 6.07) is 5.70. The van der Waals surface area contributed by atoms with Crippen molar-refractivity contribution < 1.29 is 19.3 Å². The van der Waals surface area contributed by atoms with Crippen LogP contribution in [-0.2, 0) is 16.1 Å². The molecule has 1 saturated heterocycles. The van der Waals surface area contributed by atoms with E-state index in [1.807, 2.05) is 0 Å². The third-order valence-electron chi connectivity index (χ3n) is 2.56. The lowest BCUT2D eigenvalue weighted by Gasteiger charge is -2.21. The number of nitro groups is 1. The fourth-order valence-corrected chi connectivity index (χ4v) is 1.62. The summed E-state index contributed by atoms with van der Waals surface area (Å²) >= 11 is 0. The molecule has 0 spiro atoms. The van der Waals surface area contributed by atoms with Gasteiger partial charge in [-0.05, 0) is 5.56 Å². The lowest BCUT2D eigenvalue weighted by atomic mass is 10.2. The van der Waals surface area contributed by atoms with Gasteiger partial charge in [0.2, 0.25) is 0 Å². The molecule has 8 nitrogen and oxygen atoms in total. The standard InChI is InChI=1S/C11H13N3O5/c1-12-7-18-8-19-13(11(12)15)6-9-3-2-4-10(5-9)14(16)17/h2-5H,6-8H2,1H3. The zero-order valence-electron chi connectivity index (χ0n) is 10.3. The lowest BCUT2D eigenvalue weighted by Crippen LogP contribution is -2.38. The Hall–Kier alpha value is -2.19. The molecule has 0 saturated carbocycles. The number of benzene rings is 1. The number of nitrogens with zero attached hydrogens (tertiary/aromatic N) is 3. The normalized spacial score (nSPS) is 16.4. The van der Waals surface area contributed by atoms with Crippen molar-refractivity contribution in [2.45, 2.75) is 6.54 Å². The van der Waals surface area contributed by atoms with Gasteiger partial charge in [0.25, 0.3) is 5.69 Å². The Bertz CT molecular complexity index is 493. The Morgan fingerprint density at radius 3 is 3.00 bits per heavy atom. The molecule has 2 rings (SSSR count). The summed E-state index contributed by atoms with van der Waals surface area (Å²) in [7, 11) is 1.58. The summed E-state index contributed by atoms with van der Waals surface area (Å²) in [5, 5.41) is 11.8. The fraction of sp³-hybridized carbons (Fsp3) is 0.364. The first-order valence-electron chi connectivity index (χ1n) is 5.54. The molecule has 2 amide bonds. The Morgan fingerprint density at radius 2 is 2.26 bits per heavy atom. The smallest absolute Gasteiger partial charge is 0.332 e. The minimum Gasteiger partial charge on any atom is -0.332 e. The molecule has 1 aliphatic heterocycles. The second kappa shape index (κ2) is 5.63. The van der Waals surface area contributed by atoms with E-state index in [-0.39, 0.29) is 31.8 Å². The van der Waals surface area contributed by atoms with Crippen LogP contribution in [0.5, 0.6) is 0 Å². The maximum absolute atomic E-state index is 11.9. The molecule has 0 aliphatic carbocycles. The number of amides is 2. The molecule has 0 bridgehead atoms. The molecule has 0 aromatic heterocycles. The number of nitro benzene ring substituents is 1. The lowest BCUT2D eigenvalue weighted by molar-refractivity contribution is -0.384. The molecule has 0 N–H and O–H groups in total. The Balaban J connectivity index is 2.13. The second-order valence-corrected chi connectivity index (χ2v) is 4.02. The number of hydrogen-bond acceptors (Lipinski definition) is 5. The average molecular weight is 267 g/mol. The number of carbonyl (C=O) groups is 1. The second-order valence-electron chi connectivity index (χ2n) is 4.02. The molecule has 1 aromatic carbocycles. The number of hydrogen-bond donors (Lipinski definition) is 0. The van der Waals surface area contributed by atoms with Gasteiger partial charge in [-0.15, -0.1) is 0 Å². The van der Waals surface area contributed by atoms with Crippen molar-refractivity contribution in [3.8, 4) is 0 Å². The average Bonchev–Trinajstić information content (AvgIpc) is 2.55. The largest absolute Gasteiger partial charge is 0.345 e. The van der Waals surface area contributed by atoms with Gasteiger partial charge < -0.3 is 9.64 Å². The van der Waals surface area contributed by atoms with Gasteiger partial charge in [0.1, 0.15) is 6.73 Å². The van der Waals surface area contributed by atoms with Crippen LogP contribution in [0, 0.1) is 10.1 Å². The summed E-state index contributed by atoms with van der Waals surface area (Å²) in [4.78, 5) is 28.6. The van der Waals surface area contributed by atoms with Crippen molar-refractivity contribution in [2.75, 3.05) is 20.6 Å². The van der Waals surface area contributed by atoms with E-state index in [4.69, 9.17) is 9.57 Å². The van der Waals surface area contributed by atoms with Crippen molar-refractivity contribution in [2.24, 2.45) is 0 Å². The summed E-state index contributed by atoms with van der Waals surface area (Å²) in [5.41, 5.74) is 0.585. The first-order chi connectivity index (χ1) is 9.08. The Kier molecular flexibility index (Phi) is 3.93. The van der Waals surface area contributed by atoms with Crippen molar-refractivity contribution in [3.63, 3.8) is 0 Å². The molecule has 19 heavy (non-hydrogen) atoms. The number of urea groups is 1. The van der Waals surface area contributed by atoms with E-state index in [0.29, 0.717) is 5.56 Å². The van der Waals surface area contributed by atoms with Gasteiger partial charge in [0, 0.05) is 19.2 Å². The van der Waals surface area contributed by atoms with E-state index in [0.717, 1.165) is 5.06 Å². The first-order valence-corrected chi connectivity index (χ1v) is 5.54. The van der Waals surface area contributed by atoms with Crippen LogP contribution < -0.4 is 0 Å². The SMILES string of the molecule is CN1COCON(Cc2cccc([N+](=O)[O-])c2)C1=O. The molecule has 0 atom stereocenters. The van der Waals surface area contributed by atoms with E-state index < -0.39 is 4.92 Å². The summed E-state index contributed by atoms with van der Waals surface area (Å²) < 4.78 is 5.04. The van der Waals surface area contributed by atoms with Crippen molar-refractivity contribution in [1.82, 2.24) is 9.96 Å². The molecule has 1 heterocycles. The van der Waals surface area contributed by atoms with Crippen molar-refractivity contribution in [3.05, 3.63) is 39.9 Å². The number of carbonyl (C=O) groups excluding carboxylic acids is 1. The number of hydroxylamine groups is 2. The van der Waals surface area contributed by atoms with Crippen LogP contribution in [0.3, 0.4) is 0 Å². The quantitative estimate of drug-likeness (QED) is 0.609. The predicted octanol–water partition coefficient (Wildman–Crippen LogP) is 1.33. The van der Waals surface area contributed by atoms with Gasteiger partial charge in [-0.25, -0.2) is 9.63 Å². The van der Waals surface area contributed by atoms with Crippen LogP contribution in [0.2, 0.25) is 0 Å². The molecule has 1 aromatic rings. The molecule has 1 fully saturated rings. The number of non-ortho nitro benzene ring substituents is 1. The molecule has 0 unspecified atom stereocenters. The summed E-state index contributed by atoms with van der Waals surface area (Å²) in [6.07, 6.45) is 0. The molecule has 8 heteroatoms. The Labute approximate surface area is 109 Å². The van der Waals surface area contributed by atoms with Gasteiger partial charge >= 0.3 is 6.03 Å². The fourth-order valence-electron chi connectivity index (χ4n) is 1.62.